The minimum absolute atomic E-state index is 0.107. The summed E-state index contributed by atoms with van der Waals surface area (Å²) < 4.78 is 16.8. The summed E-state index contributed by atoms with van der Waals surface area (Å²) in [6.45, 7) is 6.32. The molecule has 0 rings (SSSR count). The van der Waals surface area contributed by atoms with Crippen molar-refractivity contribution in [3.63, 3.8) is 0 Å². The van der Waals surface area contributed by atoms with Crippen LogP contribution in [0.1, 0.15) is 252 Å². The van der Waals surface area contributed by atoms with Crippen molar-refractivity contribution in [2.75, 3.05) is 13.2 Å². The van der Waals surface area contributed by atoms with Crippen LogP contribution in [0.5, 0.6) is 0 Å². The zero-order chi connectivity index (χ0) is 54.3. The molecule has 0 aromatic heterocycles. The van der Waals surface area contributed by atoms with Gasteiger partial charge in [-0.3, -0.25) is 14.4 Å². The first-order chi connectivity index (χ1) is 37.0. The average Bonchev–Trinajstić information content (AvgIpc) is 3.41. The molecule has 6 nitrogen and oxygen atoms in total. The summed E-state index contributed by atoms with van der Waals surface area (Å²) in [7, 11) is 0. The molecule has 0 N–H and O–H groups in total. The van der Waals surface area contributed by atoms with Gasteiger partial charge in [0.25, 0.3) is 0 Å². The molecule has 0 fully saturated rings. The van der Waals surface area contributed by atoms with Crippen LogP contribution in [-0.4, -0.2) is 37.2 Å². The Kier molecular flexibility index (Phi) is 58.0. The molecule has 0 aliphatic heterocycles. The van der Waals surface area contributed by atoms with Crippen molar-refractivity contribution in [3.8, 4) is 0 Å². The molecule has 422 valence electrons. The van der Waals surface area contributed by atoms with Gasteiger partial charge in [-0.1, -0.05) is 244 Å². The van der Waals surface area contributed by atoms with E-state index in [-0.39, 0.29) is 37.5 Å². The first-order valence-corrected chi connectivity index (χ1v) is 30.3. The Balaban J connectivity index is 4.42. The van der Waals surface area contributed by atoms with Gasteiger partial charge in [-0.2, -0.15) is 0 Å². The molecule has 0 bridgehead atoms. The highest BCUT2D eigenvalue weighted by molar-refractivity contribution is 5.71. The number of esters is 3. The van der Waals surface area contributed by atoms with Crippen molar-refractivity contribution < 1.29 is 28.6 Å². The van der Waals surface area contributed by atoms with Crippen LogP contribution in [0.3, 0.4) is 0 Å². The topological polar surface area (TPSA) is 78.9 Å². The van der Waals surface area contributed by atoms with Gasteiger partial charge in [-0.25, -0.2) is 0 Å². The van der Waals surface area contributed by atoms with Gasteiger partial charge < -0.3 is 14.2 Å². The molecule has 0 aromatic rings. The third-order valence-corrected chi connectivity index (χ3v) is 12.3. The fourth-order valence-electron chi connectivity index (χ4n) is 7.81. The molecule has 0 spiro atoms. The summed E-state index contributed by atoms with van der Waals surface area (Å²) in [4.78, 5) is 38.2. The van der Waals surface area contributed by atoms with Crippen LogP contribution < -0.4 is 0 Å². The highest BCUT2D eigenvalue weighted by atomic mass is 16.6. The third-order valence-electron chi connectivity index (χ3n) is 12.3. The Hall–Kier alpha value is -4.71. The molecule has 0 radical (unpaired) electrons. The number of hydrogen-bond acceptors (Lipinski definition) is 6. The van der Waals surface area contributed by atoms with E-state index in [0.29, 0.717) is 19.3 Å². The highest BCUT2D eigenvalue weighted by Gasteiger charge is 2.19. The van der Waals surface area contributed by atoms with Crippen molar-refractivity contribution in [2.45, 2.75) is 258 Å². The lowest BCUT2D eigenvalue weighted by atomic mass is 10.1. The van der Waals surface area contributed by atoms with Gasteiger partial charge in [-0.15, -0.1) is 0 Å². The molecule has 0 heterocycles. The Morgan fingerprint density at radius 1 is 0.280 bits per heavy atom. The second kappa shape index (κ2) is 61.8. The SMILES string of the molecule is CC/C=C\C/C=C\C/C=C\C/C=C\C/C=C\C/C=C\CCCCC(=O)OC(COC(=O)CCCCCCC/C=C\CCCC)COC(=O)CCCCCCCCCCC/C=C\C/C=C\C/C=C\C/C=C\C/C=C\CC. The van der Waals surface area contributed by atoms with Gasteiger partial charge in [0.1, 0.15) is 13.2 Å². The maximum Gasteiger partial charge on any atom is 0.306 e. The van der Waals surface area contributed by atoms with Crippen molar-refractivity contribution in [3.05, 3.63) is 146 Å². The van der Waals surface area contributed by atoms with Crippen LogP contribution in [0.25, 0.3) is 0 Å². The number of allylic oxidation sites excluding steroid dienone is 24. The van der Waals surface area contributed by atoms with E-state index < -0.39 is 6.10 Å². The lowest BCUT2D eigenvalue weighted by molar-refractivity contribution is -0.167. The smallest absolute Gasteiger partial charge is 0.306 e. The monoisotopic (exact) mass is 1030 g/mol. The minimum atomic E-state index is -0.814. The van der Waals surface area contributed by atoms with Crippen LogP contribution in [0.2, 0.25) is 0 Å². The van der Waals surface area contributed by atoms with Gasteiger partial charge in [-0.05, 0) is 135 Å². The Morgan fingerprint density at radius 3 is 0.853 bits per heavy atom. The first-order valence-electron chi connectivity index (χ1n) is 30.3. The maximum absolute atomic E-state index is 12.9. The number of ether oxygens (including phenoxy) is 3. The second-order valence-electron chi connectivity index (χ2n) is 19.5. The molecule has 0 saturated carbocycles. The van der Waals surface area contributed by atoms with E-state index in [0.717, 1.165) is 141 Å². The molecule has 0 aliphatic rings. The van der Waals surface area contributed by atoms with E-state index in [4.69, 9.17) is 14.2 Å². The standard InChI is InChI=1S/C69H110O6/c1-4-7-10-13-16-19-22-24-26-28-30-32-33-34-35-37-38-40-42-44-47-50-53-56-59-62-68(71)74-65-66(64-73-67(70)61-58-55-52-49-46-21-18-15-12-9-6-3)75-69(72)63-60-57-54-51-48-45-43-41-39-36-31-29-27-25-23-20-17-14-11-8-5-2/h7-8,10-11,15-20,24-27,30-32,34-36,41,43,48,51,66H,4-6,9,12-14,21-23,28-29,33,37-40,42,44-47,49-50,52-65H2,1-3H3/b10-7-,11-8-,18-15-,19-16-,20-17-,26-24-,27-25-,32-30-,35-34-,36-31-,43-41-,51-48-. The molecule has 0 saturated heterocycles. The van der Waals surface area contributed by atoms with Gasteiger partial charge in [0, 0.05) is 19.3 Å². The molecule has 75 heavy (non-hydrogen) atoms. The quantitative estimate of drug-likeness (QED) is 0.0261. The molecule has 6 heteroatoms. The fraction of sp³-hybridized carbons (Fsp3) is 0.609. The number of rotatable bonds is 53. The van der Waals surface area contributed by atoms with Gasteiger partial charge >= 0.3 is 17.9 Å². The van der Waals surface area contributed by atoms with E-state index in [1.807, 2.05) is 0 Å². The lowest BCUT2D eigenvalue weighted by Crippen LogP contribution is -2.30. The second-order valence-corrected chi connectivity index (χ2v) is 19.5. The summed E-state index contributed by atoms with van der Waals surface area (Å²) in [6, 6.07) is 0. The average molecular weight is 1040 g/mol. The van der Waals surface area contributed by atoms with Crippen LogP contribution in [-0.2, 0) is 28.6 Å². The zero-order valence-corrected chi connectivity index (χ0v) is 48.3. The molecule has 0 aliphatic carbocycles. The summed E-state index contributed by atoms with van der Waals surface area (Å²) in [5.41, 5.74) is 0. The Bertz CT molecular complexity index is 1660. The van der Waals surface area contributed by atoms with E-state index >= 15 is 0 Å². The number of hydrogen-bond donors (Lipinski definition) is 0. The summed E-state index contributed by atoms with van der Waals surface area (Å²) in [5.74, 6) is -0.970. The van der Waals surface area contributed by atoms with E-state index in [1.54, 1.807) is 0 Å². The van der Waals surface area contributed by atoms with Crippen molar-refractivity contribution in [1.29, 1.82) is 0 Å². The third kappa shape index (κ3) is 60.0. The zero-order valence-electron chi connectivity index (χ0n) is 48.3. The van der Waals surface area contributed by atoms with E-state index in [1.165, 1.54) is 64.2 Å². The maximum atomic E-state index is 12.9. The van der Waals surface area contributed by atoms with Crippen molar-refractivity contribution >= 4 is 17.9 Å². The number of carbonyl (C=O) groups excluding carboxylic acids is 3. The van der Waals surface area contributed by atoms with Gasteiger partial charge in [0.15, 0.2) is 6.10 Å². The van der Waals surface area contributed by atoms with Crippen LogP contribution in [0.4, 0.5) is 0 Å². The summed E-state index contributed by atoms with van der Waals surface area (Å²) >= 11 is 0. The van der Waals surface area contributed by atoms with Crippen LogP contribution >= 0.6 is 0 Å². The summed E-state index contributed by atoms with van der Waals surface area (Å²) in [6.07, 6.45) is 88.5. The summed E-state index contributed by atoms with van der Waals surface area (Å²) in [5, 5.41) is 0. The predicted molar refractivity (Wildman–Crippen MR) is 325 cm³/mol. The minimum Gasteiger partial charge on any atom is -0.462 e. The largest absolute Gasteiger partial charge is 0.462 e. The highest BCUT2D eigenvalue weighted by Crippen LogP contribution is 2.14. The molecule has 1 unspecified atom stereocenters. The van der Waals surface area contributed by atoms with E-state index in [2.05, 4.69) is 167 Å². The molecule has 0 amide bonds. The van der Waals surface area contributed by atoms with E-state index in [9.17, 15) is 14.4 Å². The first kappa shape index (κ1) is 70.3. The van der Waals surface area contributed by atoms with Gasteiger partial charge in [0.05, 0.1) is 0 Å². The normalized spacial score (nSPS) is 13.2. The molecule has 0 aromatic carbocycles. The Morgan fingerprint density at radius 2 is 0.520 bits per heavy atom. The van der Waals surface area contributed by atoms with Crippen LogP contribution in [0.15, 0.2) is 146 Å². The van der Waals surface area contributed by atoms with Gasteiger partial charge in [0.2, 0.25) is 0 Å². The Labute approximate surface area is 461 Å². The van der Waals surface area contributed by atoms with Crippen molar-refractivity contribution in [2.24, 2.45) is 0 Å². The molecular weight excluding hydrogens is 925 g/mol. The molecular formula is C69H110O6. The number of carbonyl (C=O) groups is 3. The number of unbranched alkanes of at least 4 members (excludes halogenated alkanes) is 18. The lowest BCUT2D eigenvalue weighted by Gasteiger charge is -2.18. The van der Waals surface area contributed by atoms with Crippen molar-refractivity contribution in [1.82, 2.24) is 0 Å². The predicted octanol–water partition coefficient (Wildman–Crippen LogP) is 20.8. The fourth-order valence-corrected chi connectivity index (χ4v) is 7.81. The molecule has 1 atom stereocenters. The van der Waals surface area contributed by atoms with Crippen LogP contribution in [0, 0.1) is 0 Å².